The Morgan fingerprint density at radius 3 is 2.68 bits per heavy atom. The van der Waals surface area contributed by atoms with Crippen LogP contribution in [0.3, 0.4) is 0 Å². The minimum atomic E-state index is -0.475. The van der Waals surface area contributed by atoms with Crippen LogP contribution in [0.25, 0.3) is 0 Å². The van der Waals surface area contributed by atoms with Crippen molar-refractivity contribution in [3.8, 4) is 0 Å². The van der Waals surface area contributed by atoms with Gasteiger partial charge in [-0.3, -0.25) is 0 Å². The number of nitrogens with one attached hydrogen (secondary N) is 1. The summed E-state index contributed by atoms with van der Waals surface area (Å²) in [7, 11) is 0. The normalized spacial score (nSPS) is 26.0. The SMILES string of the molecule is CC(C)(C)OC(=O)N[C@H]1CC2(n3ccnc3COCc3ccccc3)CC1C2. The van der Waals surface area contributed by atoms with Crippen LogP contribution in [0.1, 0.15) is 51.4 Å². The second kappa shape index (κ2) is 7.24. The molecule has 1 atom stereocenters. The number of hydrogen-bond donors (Lipinski definition) is 1. The van der Waals surface area contributed by atoms with Crippen molar-refractivity contribution in [2.45, 2.75) is 70.4 Å². The van der Waals surface area contributed by atoms with Gasteiger partial charge in [0.2, 0.25) is 0 Å². The van der Waals surface area contributed by atoms with Crippen molar-refractivity contribution >= 4 is 6.09 Å². The van der Waals surface area contributed by atoms with Crippen molar-refractivity contribution in [1.82, 2.24) is 14.9 Å². The number of amides is 1. The first-order valence-corrected chi connectivity index (χ1v) is 9.99. The fourth-order valence-electron chi connectivity index (χ4n) is 4.57. The van der Waals surface area contributed by atoms with Crippen LogP contribution in [0.15, 0.2) is 42.7 Å². The average Bonchev–Trinajstić information content (AvgIpc) is 3.26. The van der Waals surface area contributed by atoms with E-state index in [-0.39, 0.29) is 17.7 Å². The fourth-order valence-corrected chi connectivity index (χ4v) is 4.57. The van der Waals surface area contributed by atoms with Crippen LogP contribution < -0.4 is 5.32 Å². The Labute approximate surface area is 166 Å². The molecular formula is C22H29N3O3. The molecule has 150 valence electrons. The van der Waals surface area contributed by atoms with Gasteiger partial charge in [-0.15, -0.1) is 0 Å². The van der Waals surface area contributed by atoms with Gasteiger partial charge in [0.1, 0.15) is 18.0 Å². The number of nitrogens with zero attached hydrogens (tertiary/aromatic N) is 2. The Morgan fingerprint density at radius 1 is 1.21 bits per heavy atom. The van der Waals surface area contributed by atoms with Gasteiger partial charge < -0.3 is 19.4 Å². The lowest BCUT2D eigenvalue weighted by molar-refractivity contribution is 0.0491. The van der Waals surface area contributed by atoms with E-state index in [1.165, 1.54) is 0 Å². The van der Waals surface area contributed by atoms with E-state index in [0.717, 1.165) is 30.7 Å². The lowest BCUT2D eigenvalue weighted by Gasteiger charge is -2.40. The molecule has 2 aromatic rings. The second-order valence-electron chi connectivity index (χ2n) is 9.04. The van der Waals surface area contributed by atoms with E-state index in [9.17, 15) is 4.79 Å². The van der Waals surface area contributed by atoms with E-state index in [1.807, 2.05) is 51.4 Å². The lowest BCUT2D eigenvalue weighted by atomic mass is 9.76. The smallest absolute Gasteiger partial charge is 0.407 e. The molecule has 1 aromatic carbocycles. The number of hydrogen-bond acceptors (Lipinski definition) is 4. The molecule has 6 heteroatoms. The summed E-state index contributed by atoms with van der Waals surface area (Å²) >= 11 is 0. The quantitative estimate of drug-likeness (QED) is 0.819. The highest BCUT2D eigenvalue weighted by molar-refractivity contribution is 5.68. The largest absolute Gasteiger partial charge is 0.444 e. The molecule has 6 nitrogen and oxygen atoms in total. The molecule has 3 fully saturated rings. The third-order valence-electron chi connectivity index (χ3n) is 5.73. The van der Waals surface area contributed by atoms with Crippen molar-refractivity contribution in [1.29, 1.82) is 0 Å². The summed E-state index contributed by atoms with van der Waals surface area (Å²) in [5.74, 6) is 1.46. The summed E-state index contributed by atoms with van der Waals surface area (Å²) in [5, 5.41) is 3.07. The maximum Gasteiger partial charge on any atom is 0.407 e. The van der Waals surface area contributed by atoms with Crippen LogP contribution >= 0.6 is 0 Å². The Morgan fingerprint density at radius 2 is 1.96 bits per heavy atom. The van der Waals surface area contributed by atoms with Crippen molar-refractivity contribution in [3.63, 3.8) is 0 Å². The van der Waals surface area contributed by atoms with Gasteiger partial charge in [-0.1, -0.05) is 30.3 Å². The fraction of sp³-hybridized carbons (Fsp3) is 0.545. The van der Waals surface area contributed by atoms with Gasteiger partial charge in [0, 0.05) is 24.0 Å². The van der Waals surface area contributed by atoms with Crippen LogP contribution in [-0.2, 0) is 28.2 Å². The first-order chi connectivity index (χ1) is 13.3. The maximum absolute atomic E-state index is 12.1. The number of ether oxygens (including phenoxy) is 2. The number of fused-ring (bicyclic) bond motifs is 1. The molecule has 3 aliphatic rings. The molecule has 0 radical (unpaired) electrons. The highest BCUT2D eigenvalue weighted by atomic mass is 16.6. The van der Waals surface area contributed by atoms with Crippen LogP contribution in [0, 0.1) is 5.92 Å². The molecule has 2 bridgehead atoms. The maximum atomic E-state index is 12.1. The highest BCUT2D eigenvalue weighted by Crippen LogP contribution is 2.57. The van der Waals surface area contributed by atoms with Gasteiger partial charge in [-0.05, 0) is 51.5 Å². The molecule has 1 aromatic heterocycles. The van der Waals surface area contributed by atoms with Gasteiger partial charge in [0.15, 0.2) is 0 Å². The number of aromatic nitrogens is 2. The van der Waals surface area contributed by atoms with Gasteiger partial charge in [-0.25, -0.2) is 9.78 Å². The van der Waals surface area contributed by atoms with Gasteiger partial charge in [-0.2, -0.15) is 0 Å². The molecule has 1 heterocycles. The zero-order valence-corrected chi connectivity index (χ0v) is 16.9. The van der Waals surface area contributed by atoms with E-state index in [2.05, 4.69) is 27.0 Å². The molecule has 3 aliphatic carbocycles. The second-order valence-corrected chi connectivity index (χ2v) is 9.04. The van der Waals surface area contributed by atoms with Crippen molar-refractivity contribution in [2.75, 3.05) is 0 Å². The third-order valence-corrected chi connectivity index (χ3v) is 5.73. The van der Waals surface area contributed by atoms with Crippen molar-refractivity contribution < 1.29 is 14.3 Å². The summed E-state index contributed by atoms with van der Waals surface area (Å²) in [4.78, 5) is 16.7. The van der Waals surface area contributed by atoms with E-state index in [4.69, 9.17) is 9.47 Å². The standard InChI is InChI=1S/C22H29N3O3/c1-21(2,3)28-20(26)24-18-13-22(11-17(18)12-22)25-10-9-23-19(25)15-27-14-16-7-5-4-6-8-16/h4-10,17-18H,11-15H2,1-3H3,(H,24,26)/t17?,18-,22?/m0/s1. The first-order valence-electron chi connectivity index (χ1n) is 9.99. The zero-order valence-electron chi connectivity index (χ0n) is 16.9. The van der Waals surface area contributed by atoms with Crippen LogP contribution in [0.2, 0.25) is 0 Å². The summed E-state index contributed by atoms with van der Waals surface area (Å²) in [6.07, 6.45) is 6.62. The monoisotopic (exact) mass is 383 g/mol. The molecule has 0 saturated heterocycles. The van der Waals surface area contributed by atoms with Crippen molar-refractivity contribution in [3.05, 3.63) is 54.1 Å². The zero-order chi connectivity index (χ0) is 19.8. The summed E-state index contributed by atoms with van der Waals surface area (Å²) in [6, 6.07) is 10.3. The van der Waals surface area contributed by atoms with E-state index in [0.29, 0.717) is 19.1 Å². The number of carbonyl (C=O) groups is 1. The predicted octanol–water partition coefficient (Wildman–Crippen LogP) is 4.00. The van der Waals surface area contributed by atoms with Crippen LogP contribution in [0.4, 0.5) is 4.79 Å². The van der Waals surface area contributed by atoms with E-state index >= 15 is 0 Å². The van der Waals surface area contributed by atoms with Gasteiger partial charge >= 0.3 is 6.09 Å². The molecule has 0 aliphatic heterocycles. The molecule has 0 spiro atoms. The van der Waals surface area contributed by atoms with Gasteiger partial charge in [0.25, 0.3) is 0 Å². The predicted molar refractivity (Wildman–Crippen MR) is 106 cm³/mol. The third kappa shape index (κ3) is 3.92. The number of carbonyl (C=O) groups excluding carboxylic acids is 1. The Hall–Kier alpha value is -2.34. The molecule has 3 saturated carbocycles. The van der Waals surface area contributed by atoms with Crippen LogP contribution in [-0.4, -0.2) is 27.3 Å². The molecule has 1 amide bonds. The minimum absolute atomic E-state index is 0.0479. The lowest BCUT2D eigenvalue weighted by Crippen LogP contribution is -2.41. The van der Waals surface area contributed by atoms with Gasteiger partial charge in [0.05, 0.1) is 6.61 Å². The molecule has 28 heavy (non-hydrogen) atoms. The summed E-state index contributed by atoms with van der Waals surface area (Å²) < 4.78 is 13.6. The molecule has 1 N–H and O–H groups in total. The van der Waals surface area contributed by atoms with E-state index in [1.54, 1.807) is 0 Å². The number of benzene rings is 1. The number of rotatable bonds is 6. The Kier molecular flexibility index (Phi) is 4.91. The topological polar surface area (TPSA) is 65.4 Å². The number of alkyl carbamates (subject to hydrolysis) is 1. The Bertz CT molecular complexity index is 819. The Balaban J connectivity index is 1.35. The van der Waals surface area contributed by atoms with Crippen molar-refractivity contribution in [2.24, 2.45) is 5.92 Å². The average molecular weight is 383 g/mol. The van der Waals surface area contributed by atoms with Crippen LogP contribution in [0.5, 0.6) is 0 Å². The molecule has 5 rings (SSSR count). The van der Waals surface area contributed by atoms with E-state index < -0.39 is 5.60 Å². The summed E-state index contributed by atoms with van der Waals surface area (Å²) in [6.45, 7) is 6.71. The molecule has 0 unspecified atom stereocenters. The number of imidazole rings is 1. The molecular weight excluding hydrogens is 354 g/mol. The highest BCUT2D eigenvalue weighted by Gasteiger charge is 2.58. The first kappa shape index (κ1) is 19.0. The summed E-state index contributed by atoms with van der Waals surface area (Å²) in [5.41, 5.74) is 0.730. The minimum Gasteiger partial charge on any atom is -0.444 e.